The monoisotopic (exact) mass is 341 g/mol. The maximum atomic E-state index is 6.13. The Morgan fingerprint density at radius 3 is 2.83 bits per heavy atom. The Bertz CT molecular complexity index is 773. The Kier molecular flexibility index (Phi) is 4.45. The van der Waals surface area contributed by atoms with Gasteiger partial charge in [-0.1, -0.05) is 18.2 Å². The number of rotatable bonds is 2. The van der Waals surface area contributed by atoms with Crippen molar-refractivity contribution in [3.8, 4) is 5.75 Å². The number of ether oxygens (including phenoxy) is 1. The minimum atomic E-state index is -0.241. The van der Waals surface area contributed by atoms with Gasteiger partial charge in [0.1, 0.15) is 17.2 Å². The molecule has 2 aromatic rings. The van der Waals surface area contributed by atoms with Crippen LogP contribution in [-0.2, 0) is 0 Å². The molecule has 1 aromatic carbocycles. The molecule has 0 saturated carbocycles. The molecule has 1 aliphatic rings. The summed E-state index contributed by atoms with van der Waals surface area (Å²) in [4.78, 5) is 4.33. The first kappa shape index (κ1) is 16.7. The van der Waals surface area contributed by atoms with Crippen molar-refractivity contribution >= 4 is 23.1 Å². The average Bonchev–Trinajstić information content (AvgIpc) is 2.48. The van der Waals surface area contributed by atoms with E-state index in [2.05, 4.69) is 54.6 Å². The van der Waals surface area contributed by atoms with Crippen molar-refractivity contribution < 1.29 is 4.74 Å². The topological polar surface area (TPSA) is 46.2 Å². The fourth-order valence-electron chi connectivity index (χ4n) is 3.01. The summed E-state index contributed by atoms with van der Waals surface area (Å²) >= 11 is 5.50. The smallest absolute Gasteiger partial charge is 0.172 e. The lowest BCUT2D eigenvalue weighted by Crippen LogP contribution is -2.42. The molecule has 0 radical (unpaired) electrons. The van der Waals surface area contributed by atoms with Gasteiger partial charge in [0, 0.05) is 18.2 Å². The lowest BCUT2D eigenvalue weighted by Gasteiger charge is -2.38. The first-order chi connectivity index (χ1) is 11.3. The zero-order valence-corrected chi connectivity index (χ0v) is 15.3. The number of hydrogen-bond donors (Lipinski definition) is 2. The Morgan fingerprint density at radius 2 is 2.08 bits per heavy atom. The van der Waals surface area contributed by atoms with Gasteiger partial charge < -0.3 is 15.4 Å². The van der Waals surface area contributed by atoms with Gasteiger partial charge in [0.2, 0.25) is 0 Å². The van der Waals surface area contributed by atoms with E-state index < -0.39 is 0 Å². The Morgan fingerprint density at radius 1 is 1.29 bits per heavy atom. The standard InChI is InChI=1S/C19H23N3OS/c1-12-7-8-14-15(11-19(3,4)23-16(14)10-12)21-18(24)22-17-13(2)6-5-9-20-17/h5-10,15H,11H2,1-4H3,(H2,20,21,22,24)/t15-/m1/s1. The summed E-state index contributed by atoms with van der Waals surface area (Å²) in [6.07, 6.45) is 2.60. The zero-order valence-electron chi connectivity index (χ0n) is 14.5. The van der Waals surface area contributed by atoms with Gasteiger partial charge in [-0.05, 0) is 63.2 Å². The van der Waals surface area contributed by atoms with Crippen LogP contribution in [0.2, 0.25) is 0 Å². The van der Waals surface area contributed by atoms with Crippen molar-refractivity contribution in [2.75, 3.05) is 5.32 Å². The van der Waals surface area contributed by atoms with E-state index in [1.165, 1.54) is 5.56 Å². The number of benzene rings is 1. The average molecular weight is 341 g/mol. The Labute approximate surface area is 148 Å². The Hall–Kier alpha value is -2.14. The molecule has 0 aliphatic carbocycles. The number of thiocarbonyl (C=S) groups is 1. The molecule has 0 amide bonds. The Balaban J connectivity index is 1.79. The second-order valence-electron chi connectivity index (χ2n) is 6.93. The highest BCUT2D eigenvalue weighted by molar-refractivity contribution is 7.80. The number of aromatic nitrogens is 1. The third kappa shape index (κ3) is 3.67. The number of fused-ring (bicyclic) bond motifs is 1. The highest BCUT2D eigenvalue weighted by atomic mass is 32.1. The van der Waals surface area contributed by atoms with E-state index >= 15 is 0 Å². The molecule has 0 unspecified atom stereocenters. The molecule has 3 rings (SSSR count). The van der Waals surface area contributed by atoms with Crippen LogP contribution in [0.25, 0.3) is 0 Å². The molecule has 1 atom stereocenters. The quantitative estimate of drug-likeness (QED) is 0.798. The molecule has 1 aromatic heterocycles. The third-order valence-electron chi connectivity index (χ3n) is 4.17. The molecule has 2 heterocycles. The summed E-state index contributed by atoms with van der Waals surface area (Å²) in [5, 5.41) is 7.20. The second kappa shape index (κ2) is 6.40. The summed E-state index contributed by atoms with van der Waals surface area (Å²) in [7, 11) is 0. The normalized spacial score (nSPS) is 18.2. The molecular formula is C19H23N3OS. The van der Waals surface area contributed by atoms with Gasteiger partial charge in [0.05, 0.1) is 6.04 Å². The summed E-state index contributed by atoms with van der Waals surface area (Å²) in [5.74, 6) is 1.71. The second-order valence-corrected chi connectivity index (χ2v) is 7.34. The van der Waals surface area contributed by atoms with Gasteiger partial charge in [-0.25, -0.2) is 4.98 Å². The van der Waals surface area contributed by atoms with Crippen LogP contribution in [0.15, 0.2) is 36.5 Å². The van der Waals surface area contributed by atoms with E-state index in [0.717, 1.165) is 29.1 Å². The predicted molar refractivity (Wildman–Crippen MR) is 102 cm³/mol. The van der Waals surface area contributed by atoms with Crippen molar-refractivity contribution in [1.29, 1.82) is 0 Å². The summed E-state index contributed by atoms with van der Waals surface area (Å²) in [6.45, 7) is 8.29. The third-order valence-corrected chi connectivity index (χ3v) is 4.39. The largest absolute Gasteiger partial charge is 0.487 e. The van der Waals surface area contributed by atoms with Crippen molar-refractivity contribution in [2.24, 2.45) is 0 Å². The van der Waals surface area contributed by atoms with Gasteiger partial charge >= 0.3 is 0 Å². The van der Waals surface area contributed by atoms with Crippen molar-refractivity contribution in [3.05, 3.63) is 53.2 Å². The number of pyridine rings is 1. The van der Waals surface area contributed by atoms with Crippen LogP contribution in [-0.4, -0.2) is 15.7 Å². The van der Waals surface area contributed by atoms with Crippen molar-refractivity contribution in [3.63, 3.8) is 0 Å². The minimum absolute atomic E-state index is 0.105. The summed E-state index contributed by atoms with van der Waals surface area (Å²) < 4.78 is 6.13. The number of anilines is 1. The molecule has 4 nitrogen and oxygen atoms in total. The van der Waals surface area contributed by atoms with Gasteiger partial charge in [-0.2, -0.15) is 0 Å². The minimum Gasteiger partial charge on any atom is -0.487 e. The molecule has 1 aliphatic heterocycles. The SMILES string of the molecule is Cc1ccc2c(c1)OC(C)(C)C[C@H]2NC(=S)Nc1ncccc1C. The molecule has 0 fully saturated rings. The maximum absolute atomic E-state index is 6.13. The van der Waals surface area contributed by atoms with Crippen molar-refractivity contribution in [1.82, 2.24) is 10.3 Å². The molecule has 0 bridgehead atoms. The van der Waals surface area contributed by atoms with Crippen LogP contribution in [0.5, 0.6) is 5.75 Å². The molecule has 2 N–H and O–H groups in total. The molecule has 126 valence electrons. The van der Waals surface area contributed by atoms with E-state index in [4.69, 9.17) is 17.0 Å². The lowest BCUT2D eigenvalue weighted by atomic mass is 9.89. The lowest BCUT2D eigenvalue weighted by molar-refractivity contribution is 0.0696. The van der Waals surface area contributed by atoms with Gasteiger partial charge in [-0.3, -0.25) is 0 Å². The molecule has 0 saturated heterocycles. The number of nitrogens with zero attached hydrogens (tertiary/aromatic N) is 1. The zero-order chi connectivity index (χ0) is 17.3. The molecule has 5 heteroatoms. The number of aryl methyl sites for hydroxylation is 2. The van der Waals surface area contributed by atoms with Crippen LogP contribution in [0.1, 0.15) is 43.0 Å². The molecular weight excluding hydrogens is 318 g/mol. The summed E-state index contributed by atoms with van der Waals surface area (Å²) in [5.41, 5.74) is 3.15. The highest BCUT2D eigenvalue weighted by Gasteiger charge is 2.34. The first-order valence-corrected chi connectivity index (χ1v) is 8.53. The van der Waals surface area contributed by atoms with E-state index in [0.29, 0.717) is 5.11 Å². The van der Waals surface area contributed by atoms with E-state index in [-0.39, 0.29) is 11.6 Å². The van der Waals surface area contributed by atoms with Gasteiger partial charge in [0.15, 0.2) is 5.11 Å². The molecule has 0 spiro atoms. The number of hydrogen-bond acceptors (Lipinski definition) is 3. The van der Waals surface area contributed by atoms with E-state index in [1.807, 2.05) is 19.1 Å². The van der Waals surface area contributed by atoms with Gasteiger partial charge in [0.25, 0.3) is 0 Å². The predicted octanol–water partition coefficient (Wildman–Crippen LogP) is 4.29. The van der Waals surface area contributed by atoms with Crippen LogP contribution in [0.4, 0.5) is 5.82 Å². The highest BCUT2D eigenvalue weighted by Crippen LogP contribution is 2.39. The first-order valence-electron chi connectivity index (χ1n) is 8.13. The number of nitrogens with one attached hydrogen (secondary N) is 2. The summed E-state index contributed by atoms with van der Waals surface area (Å²) in [6, 6.07) is 10.3. The van der Waals surface area contributed by atoms with Crippen LogP contribution < -0.4 is 15.4 Å². The van der Waals surface area contributed by atoms with Crippen molar-refractivity contribution in [2.45, 2.75) is 45.8 Å². The van der Waals surface area contributed by atoms with E-state index in [1.54, 1.807) is 6.20 Å². The van der Waals surface area contributed by atoms with Crippen LogP contribution in [0, 0.1) is 13.8 Å². The van der Waals surface area contributed by atoms with Crippen LogP contribution >= 0.6 is 12.2 Å². The maximum Gasteiger partial charge on any atom is 0.172 e. The van der Waals surface area contributed by atoms with Crippen LogP contribution in [0.3, 0.4) is 0 Å². The van der Waals surface area contributed by atoms with E-state index in [9.17, 15) is 0 Å². The molecule has 24 heavy (non-hydrogen) atoms. The van der Waals surface area contributed by atoms with Gasteiger partial charge in [-0.15, -0.1) is 0 Å². The fourth-order valence-corrected chi connectivity index (χ4v) is 3.24. The fraction of sp³-hybridized carbons (Fsp3) is 0.368.